The van der Waals surface area contributed by atoms with Crippen molar-refractivity contribution in [2.75, 3.05) is 6.61 Å². The average Bonchev–Trinajstić information content (AvgIpc) is 2.83. The standard InChI is InChI=1S/C14H19F2N3O2/c1-3-11(6-10-8-20-13(17)19-10)21-12-5-4-9(7-18-12)14(2,15)16/h4-5,7,10-11H,3,6,8H2,1-2H3,(H2,17,19)/t10-,11+/m0/s1. The molecular formula is C14H19F2N3O2. The Kier molecular flexibility index (Phi) is 4.59. The van der Waals surface area contributed by atoms with Crippen LogP contribution >= 0.6 is 0 Å². The lowest BCUT2D eigenvalue weighted by Crippen LogP contribution is -2.23. The second-order valence-electron chi connectivity index (χ2n) is 5.09. The van der Waals surface area contributed by atoms with Gasteiger partial charge in [-0.05, 0) is 12.5 Å². The lowest BCUT2D eigenvalue weighted by Gasteiger charge is -2.19. The Morgan fingerprint density at radius 1 is 1.52 bits per heavy atom. The van der Waals surface area contributed by atoms with Crippen LogP contribution in [0, 0.1) is 0 Å². The molecule has 116 valence electrons. The van der Waals surface area contributed by atoms with Crippen molar-refractivity contribution in [3.05, 3.63) is 23.9 Å². The third kappa shape index (κ3) is 4.27. The highest BCUT2D eigenvalue weighted by Gasteiger charge is 2.25. The van der Waals surface area contributed by atoms with Crippen molar-refractivity contribution in [3.63, 3.8) is 0 Å². The lowest BCUT2D eigenvalue weighted by atomic mass is 10.1. The Labute approximate surface area is 122 Å². The zero-order valence-corrected chi connectivity index (χ0v) is 12.1. The first-order valence-electron chi connectivity index (χ1n) is 6.85. The summed E-state index contributed by atoms with van der Waals surface area (Å²) in [7, 11) is 0. The number of hydrogen-bond acceptors (Lipinski definition) is 5. The smallest absolute Gasteiger partial charge is 0.282 e. The largest absolute Gasteiger partial charge is 0.474 e. The average molecular weight is 299 g/mol. The Bertz CT molecular complexity index is 500. The molecule has 0 aromatic carbocycles. The third-order valence-corrected chi connectivity index (χ3v) is 3.25. The van der Waals surface area contributed by atoms with Crippen molar-refractivity contribution in [1.82, 2.24) is 4.98 Å². The maximum absolute atomic E-state index is 13.1. The highest BCUT2D eigenvalue weighted by molar-refractivity contribution is 5.73. The summed E-state index contributed by atoms with van der Waals surface area (Å²) in [5, 5.41) is 0. The topological polar surface area (TPSA) is 69.7 Å². The number of ether oxygens (including phenoxy) is 2. The first-order valence-corrected chi connectivity index (χ1v) is 6.85. The van der Waals surface area contributed by atoms with Crippen LogP contribution in [0.5, 0.6) is 5.88 Å². The van der Waals surface area contributed by atoms with Crippen LogP contribution in [-0.4, -0.2) is 29.8 Å². The van der Waals surface area contributed by atoms with Gasteiger partial charge in [0.15, 0.2) is 0 Å². The highest BCUT2D eigenvalue weighted by Crippen LogP contribution is 2.27. The Morgan fingerprint density at radius 2 is 2.29 bits per heavy atom. The Hall–Kier alpha value is -1.92. The minimum atomic E-state index is -2.90. The number of nitrogens with zero attached hydrogens (tertiary/aromatic N) is 2. The SMILES string of the molecule is CC[C@H](C[C@H]1COC(N)=N1)Oc1ccc(C(C)(F)F)cn1. The van der Waals surface area contributed by atoms with E-state index in [9.17, 15) is 8.78 Å². The van der Waals surface area contributed by atoms with E-state index in [2.05, 4.69) is 9.98 Å². The molecule has 1 aliphatic heterocycles. The van der Waals surface area contributed by atoms with Gasteiger partial charge in [-0.3, -0.25) is 0 Å². The van der Waals surface area contributed by atoms with Crippen LogP contribution < -0.4 is 10.5 Å². The minimum absolute atomic E-state index is 0.0331. The van der Waals surface area contributed by atoms with E-state index in [1.165, 1.54) is 12.1 Å². The summed E-state index contributed by atoms with van der Waals surface area (Å²) >= 11 is 0. The predicted octanol–water partition coefficient (Wildman–Crippen LogP) is 2.45. The van der Waals surface area contributed by atoms with Gasteiger partial charge in [0.2, 0.25) is 5.88 Å². The van der Waals surface area contributed by atoms with Gasteiger partial charge >= 0.3 is 0 Å². The van der Waals surface area contributed by atoms with Crippen LogP contribution in [0.25, 0.3) is 0 Å². The van der Waals surface area contributed by atoms with E-state index in [1.807, 2.05) is 6.92 Å². The van der Waals surface area contributed by atoms with Gasteiger partial charge in [0.05, 0.1) is 6.04 Å². The molecular weight excluding hydrogens is 280 g/mol. The normalized spacial score (nSPS) is 19.8. The molecule has 0 spiro atoms. The van der Waals surface area contributed by atoms with Gasteiger partial charge in [-0.25, -0.2) is 18.8 Å². The van der Waals surface area contributed by atoms with E-state index >= 15 is 0 Å². The molecule has 1 aliphatic rings. The van der Waals surface area contributed by atoms with Crippen molar-refractivity contribution >= 4 is 6.02 Å². The Morgan fingerprint density at radius 3 is 2.76 bits per heavy atom. The minimum Gasteiger partial charge on any atom is -0.474 e. The summed E-state index contributed by atoms with van der Waals surface area (Å²) in [6.07, 6.45) is 2.41. The lowest BCUT2D eigenvalue weighted by molar-refractivity contribution is 0.0170. The number of alkyl halides is 2. The van der Waals surface area contributed by atoms with E-state index in [0.717, 1.165) is 19.5 Å². The first kappa shape index (κ1) is 15.5. The van der Waals surface area contributed by atoms with Crippen LogP contribution in [0.3, 0.4) is 0 Å². The second-order valence-corrected chi connectivity index (χ2v) is 5.09. The van der Waals surface area contributed by atoms with Crippen LogP contribution in [0.15, 0.2) is 23.3 Å². The molecule has 0 saturated carbocycles. The van der Waals surface area contributed by atoms with Gasteiger partial charge in [-0.2, -0.15) is 0 Å². The fraction of sp³-hybridized carbons (Fsp3) is 0.571. The van der Waals surface area contributed by atoms with Crippen molar-refractivity contribution in [1.29, 1.82) is 0 Å². The van der Waals surface area contributed by atoms with Crippen LogP contribution in [-0.2, 0) is 10.7 Å². The van der Waals surface area contributed by atoms with Crippen LogP contribution in [0.2, 0.25) is 0 Å². The number of aromatic nitrogens is 1. The molecule has 0 saturated heterocycles. The van der Waals surface area contributed by atoms with E-state index < -0.39 is 5.92 Å². The molecule has 1 aromatic heterocycles. The molecule has 7 heteroatoms. The fourth-order valence-electron chi connectivity index (χ4n) is 2.04. The van der Waals surface area contributed by atoms with Gasteiger partial charge in [-0.1, -0.05) is 6.92 Å². The van der Waals surface area contributed by atoms with Gasteiger partial charge in [0, 0.05) is 31.2 Å². The van der Waals surface area contributed by atoms with E-state index in [0.29, 0.717) is 18.9 Å². The first-order chi connectivity index (χ1) is 9.88. The van der Waals surface area contributed by atoms with Gasteiger partial charge in [-0.15, -0.1) is 0 Å². The molecule has 1 aromatic rings. The Balaban J connectivity index is 1.95. The van der Waals surface area contributed by atoms with Gasteiger partial charge < -0.3 is 15.2 Å². The fourth-order valence-corrected chi connectivity index (χ4v) is 2.04. The van der Waals surface area contributed by atoms with Crippen molar-refractivity contribution in [3.8, 4) is 5.88 Å². The zero-order valence-electron chi connectivity index (χ0n) is 12.1. The summed E-state index contributed by atoms with van der Waals surface area (Å²) in [5.74, 6) is -2.57. The number of halogens is 2. The summed E-state index contributed by atoms with van der Waals surface area (Å²) in [6, 6.07) is 2.94. The number of pyridine rings is 1. The zero-order chi connectivity index (χ0) is 15.5. The molecule has 2 rings (SSSR count). The molecule has 0 bridgehead atoms. The molecule has 5 nitrogen and oxygen atoms in total. The maximum Gasteiger partial charge on any atom is 0.282 e. The molecule has 0 radical (unpaired) electrons. The van der Waals surface area contributed by atoms with Gasteiger partial charge in [0.1, 0.15) is 12.7 Å². The van der Waals surface area contributed by atoms with Gasteiger partial charge in [0.25, 0.3) is 11.9 Å². The number of aliphatic imine (C=N–C) groups is 1. The molecule has 2 atom stereocenters. The third-order valence-electron chi connectivity index (χ3n) is 3.25. The summed E-state index contributed by atoms with van der Waals surface area (Å²) in [4.78, 5) is 8.07. The summed E-state index contributed by atoms with van der Waals surface area (Å²) in [5.41, 5.74) is 5.32. The quantitative estimate of drug-likeness (QED) is 0.876. The highest BCUT2D eigenvalue weighted by atomic mass is 19.3. The van der Waals surface area contributed by atoms with E-state index in [-0.39, 0.29) is 23.7 Å². The number of hydrogen-bond donors (Lipinski definition) is 1. The number of amidine groups is 1. The van der Waals surface area contributed by atoms with E-state index in [4.69, 9.17) is 15.2 Å². The molecule has 21 heavy (non-hydrogen) atoms. The molecule has 0 fully saturated rings. The van der Waals surface area contributed by atoms with Crippen molar-refractivity contribution < 1.29 is 18.3 Å². The molecule has 2 N–H and O–H groups in total. The summed E-state index contributed by atoms with van der Waals surface area (Å²) < 4.78 is 37.0. The molecule has 0 amide bonds. The van der Waals surface area contributed by atoms with E-state index in [1.54, 1.807) is 0 Å². The number of rotatable bonds is 6. The second kappa shape index (κ2) is 6.24. The number of nitrogens with two attached hydrogens (primary N) is 1. The van der Waals surface area contributed by atoms with Crippen molar-refractivity contribution in [2.24, 2.45) is 10.7 Å². The molecule has 0 aliphatic carbocycles. The van der Waals surface area contributed by atoms with Crippen LogP contribution in [0.4, 0.5) is 8.78 Å². The predicted molar refractivity (Wildman–Crippen MR) is 74.5 cm³/mol. The maximum atomic E-state index is 13.1. The summed E-state index contributed by atoms with van der Waals surface area (Å²) in [6.45, 7) is 3.25. The molecule has 0 unspecified atom stereocenters. The van der Waals surface area contributed by atoms with Crippen LogP contribution in [0.1, 0.15) is 32.3 Å². The molecule has 2 heterocycles. The van der Waals surface area contributed by atoms with Crippen molar-refractivity contribution in [2.45, 2.75) is 44.8 Å². The monoisotopic (exact) mass is 299 g/mol.